The van der Waals surface area contributed by atoms with Gasteiger partial charge in [0.15, 0.2) is 0 Å². The normalized spacial score (nSPS) is 12.8. The molecule has 1 amide bonds. The summed E-state index contributed by atoms with van der Waals surface area (Å²) in [5.74, 6) is 1.22. The van der Waals surface area contributed by atoms with Crippen LogP contribution >= 0.6 is 11.6 Å². The Labute approximate surface area is 202 Å². The molecule has 0 spiro atoms. The van der Waals surface area contributed by atoms with Crippen LogP contribution in [0.5, 0.6) is 0 Å². The van der Waals surface area contributed by atoms with Crippen molar-refractivity contribution in [3.8, 4) is 0 Å². The van der Waals surface area contributed by atoms with E-state index in [1.54, 1.807) is 18.5 Å². The van der Waals surface area contributed by atoms with Gasteiger partial charge in [-0.2, -0.15) is 4.98 Å². The van der Waals surface area contributed by atoms with Crippen molar-refractivity contribution in [3.63, 3.8) is 0 Å². The number of hydrogen-bond donors (Lipinski definition) is 2. The van der Waals surface area contributed by atoms with E-state index < -0.39 is 0 Å². The van der Waals surface area contributed by atoms with Crippen molar-refractivity contribution in [2.75, 3.05) is 42.7 Å². The molecule has 2 N–H and O–H groups in total. The van der Waals surface area contributed by atoms with Crippen molar-refractivity contribution in [3.05, 3.63) is 71.5 Å². The molecule has 0 aliphatic carbocycles. The summed E-state index contributed by atoms with van der Waals surface area (Å²) in [7, 11) is 3.80. The Balaban J connectivity index is 1.30. The number of nitrogens with zero attached hydrogens (tertiary/aromatic N) is 5. The molecule has 0 unspecified atom stereocenters. The van der Waals surface area contributed by atoms with E-state index >= 15 is 0 Å². The Bertz CT molecular complexity index is 1370. The first kappa shape index (κ1) is 22.1. The number of anilines is 5. The summed E-state index contributed by atoms with van der Waals surface area (Å²) in [5.41, 5.74) is 4.66. The highest BCUT2D eigenvalue weighted by molar-refractivity contribution is 6.31. The number of aromatic nitrogens is 3. The summed E-state index contributed by atoms with van der Waals surface area (Å²) < 4.78 is 0. The fourth-order valence-corrected chi connectivity index (χ4v) is 4.21. The number of benzene rings is 2. The first-order valence-corrected chi connectivity index (χ1v) is 11.3. The van der Waals surface area contributed by atoms with Crippen molar-refractivity contribution in [1.29, 1.82) is 0 Å². The Morgan fingerprint density at radius 1 is 1.06 bits per heavy atom. The number of halogens is 1. The van der Waals surface area contributed by atoms with Crippen LogP contribution in [-0.4, -0.2) is 52.9 Å². The van der Waals surface area contributed by atoms with Crippen molar-refractivity contribution < 1.29 is 4.79 Å². The number of carbonyl (C=O) groups excluding carboxylic acids is 1. The minimum absolute atomic E-state index is 0.108. The zero-order chi connectivity index (χ0) is 23.7. The molecule has 8 nitrogen and oxygen atoms in total. The highest BCUT2D eigenvalue weighted by Gasteiger charge is 2.25. The highest BCUT2D eigenvalue weighted by atomic mass is 35.5. The summed E-state index contributed by atoms with van der Waals surface area (Å²) in [6.07, 6.45) is 4.28. The van der Waals surface area contributed by atoms with Crippen molar-refractivity contribution in [2.24, 2.45) is 0 Å². The molecule has 2 aromatic heterocycles. The number of likely N-dealkylation sites (N-methyl/N-ethyl adjacent to an activating group) is 1. The third kappa shape index (κ3) is 4.78. The standard InChI is InChI=1S/C25H24ClN7O/c1-32(2)15-24(34)33-10-8-16-12-19(4-6-22(16)33)30-25-27-9-7-23(31-25)29-20-13-17-11-18(26)3-5-21(17)28-14-20/h3-7,9,11-14H,8,10,15H2,1-2H3,(H2,27,29,30,31). The molecular formula is C25H24ClN7O. The average Bonchev–Trinajstić information content (AvgIpc) is 3.22. The fourth-order valence-electron chi connectivity index (χ4n) is 4.03. The Morgan fingerprint density at radius 2 is 1.94 bits per heavy atom. The van der Waals surface area contributed by atoms with Gasteiger partial charge < -0.3 is 20.4 Å². The van der Waals surface area contributed by atoms with Gasteiger partial charge in [-0.1, -0.05) is 11.6 Å². The molecule has 0 saturated heterocycles. The Kier molecular flexibility index (Phi) is 6.00. The second kappa shape index (κ2) is 9.24. The lowest BCUT2D eigenvalue weighted by atomic mass is 10.1. The molecule has 34 heavy (non-hydrogen) atoms. The molecule has 0 radical (unpaired) electrons. The van der Waals surface area contributed by atoms with E-state index in [9.17, 15) is 4.79 Å². The van der Waals surface area contributed by atoms with Crippen molar-refractivity contribution in [1.82, 2.24) is 19.9 Å². The molecule has 172 valence electrons. The van der Waals surface area contributed by atoms with Crippen LogP contribution in [0.25, 0.3) is 10.9 Å². The molecule has 3 heterocycles. The van der Waals surface area contributed by atoms with Gasteiger partial charge in [0.25, 0.3) is 0 Å². The summed E-state index contributed by atoms with van der Waals surface area (Å²) in [5, 5.41) is 8.15. The third-order valence-corrected chi connectivity index (χ3v) is 5.79. The monoisotopic (exact) mass is 473 g/mol. The summed E-state index contributed by atoms with van der Waals surface area (Å²) >= 11 is 6.11. The van der Waals surface area contributed by atoms with E-state index in [1.165, 1.54) is 0 Å². The van der Waals surface area contributed by atoms with E-state index in [0.29, 0.717) is 29.9 Å². The van der Waals surface area contributed by atoms with Crippen LogP contribution in [0, 0.1) is 0 Å². The molecule has 0 atom stereocenters. The van der Waals surface area contributed by atoms with E-state index in [0.717, 1.165) is 39.9 Å². The second-order valence-electron chi connectivity index (χ2n) is 8.45. The maximum atomic E-state index is 12.5. The SMILES string of the molecule is CN(C)CC(=O)N1CCc2cc(Nc3nccc(Nc4cnc5ccc(Cl)cc5c4)n3)ccc21. The van der Waals surface area contributed by atoms with E-state index in [2.05, 4.69) is 31.7 Å². The maximum Gasteiger partial charge on any atom is 0.241 e. The predicted molar refractivity (Wildman–Crippen MR) is 136 cm³/mol. The lowest BCUT2D eigenvalue weighted by Gasteiger charge is -2.20. The third-order valence-electron chi connectivity index (χ3n) is 5.56. The minimum atomic E-state index is 0.108. The van der Waals surface area contributed by atoms with Crippen LogP contribution in [0.2, 0.25) is 5.02 Å². The minimum Gasteiger partial charge on any atom is -0.339 e. The predicted octanol–water partition coefficient (Wildman–Crippen LogP) is 4.62. The number of hydrogen-bond acceptors (Lipinski definition) is 7. The topological polar surface area (TPSA) is 86.3 Å². The van der Waals surface area contributed by atoms with Crippen molar-refractivity contribution >= 4 is 57.2 Å². The van der Waals surface area contributed by atoms with Gasteiger partial charge in [-0.05, 0) is 74.6 Å². The number of carbonyl (C=O) groups is 1. The van der Waals surface area contributed by atoms with Gasteiger partial charge in [0.1, 0.15) is 5.82 Å². The van der Waals surface area contributed by atoms with Gasteiger partial charge in [-0.15, -0.1) is 0 Å². The summed E-state index contributed by atoms with van der Waals surface area (Å²) in [6, 6.07) is 15.3. The zero-order valence-corrected chi connectivity index (χ0v) is 19.7. The summed E-state index contributed by atoms with van der Waals surface area (Å²) in [6.45, 7) is 1.10. The number of pyridine rings is 1. The van der Waals surface area contributed by atoms with E-state index in [4.69, 9.17) is 11.6 Å². The van der Waals surface area contributed by atoms with Crippen LogP contribution in [-0.2, 0) is 11.2 Å². The molecule has 5 rings (SSSR count). The van der Waals surface area contributed by atoms with Crippen LogP contribution in [0.15, 0.2) is 60.9 Å². The second-order valence-corrected chi connectivity index (χ2v) is 8.89. The molecular weight excluding hydrogens is 450 g/mol. The van der Waals surface area contributed by atoms with Crippen molar-refractivity contribution in [2.45, 2.75) is 6.42 Å². The molecule has 2 aromatic carbocycles. The van der Waals surface area contributed by atoms with Gasteiger partial charge in [0.05, 0.1) is 23.9 Å². The number of fused-ring (bicyclic) bond motifs is 2. The fraction of sp³-hybridized carbons (Fsp3) is 0.200. The quantitative estimate of drug-likeness (QED) is 0.422. The van der Waals surface area contributed by atoms with Gasteiger partial charge in [-0.3, -0.25) is 9.78 Å². The average molecular weight is 474 g/mol. The van der Waals surface area contributed by atoms with Crippen LogP contribution in [0.4, 0.5) is 28.8 Å². The Morgan fingerprint density at radius 3 is 2.79 bits per heavy atom. The van der Waals surface area contributed by atoms with Crippen LogP contribution in [0.3, 0.4) is 0 Å². The maximum absolute atomic E-state index is 12.5. The lowest BCUT2D eigenvalue weighted by molar-refractivity contribution is -0.119. The smallest absolute Gasteiger partial charge is 0.241 e. The Hall–Kier alpha value is -3.75. The molecule has 1 aliphatic heterocycles. The molecule has 9 heteroatoms. The van der Waals surface area contributed by atoms with Crippen LogP contribution in [0.1, 0.15) is 5.56 Å². The highest BCUT2D eigenvalue weighted by Crippen LogP contribution is 2.31. The van der Waals surface area contributed by atoms with Gasteiger partial charge in [0, 0.05) is 34.5 Å². The number of amides is 1. The van der Waals surface area contributed by atoms with Gasteiger partial charge in [0.2, 0.25) is 11.9 Å². The zero-order valence-electron chi connectivity index (χ0n) is 18.9. The van der Waals surface area contributed by atoms with Gasteiger partial charge >= 0.3 is 0 Å². The largest absolute Gasteiger partial charge is 0.339 e. The first-order chi connectivity index (χ1) is 16.4. The number of rotatable bonds is 6. The molecule has 0 fully saturated rings. The molecule has 0 saturated carbocycles. The van der Waals surface area contributed by atoms with E-state index in [1.807, 2.05) is 60.3 Å². The number of nitrogens with one attached hydrogen (secondary N) is 2. The molecule has 4 aromatic rings. The van der Waals surface area contributed by atoms with E-state index in [-0.39, 0.29) is 5.91 Å². The lowest BCUT2D eigenvalue weighted by Crippen LogP contribution is -2.36. The first-order valence-electron chi connectivity index (χ1n) is 10.9. The van der Waals surface area contributed by atoms with Gasteiger partial charge in [-0.25, -0.2) is 4.98 Å². The molecule has 1 aliphatic rings. The summed E-state index contributed by atoms with van der Waals surface area (Å²) in [4.78, 5) is 29.6. The molecule has 0 bridgehead atoms. The van der Waals surface area contributed by atoms with Crippen LogP contribution < -0.4 is 15.5 Å².